The maximum atomic E-state index is 11.2. The highest BCUT2D eigenvalue weighted by molar-refractivity contribution is 5.79. The molecule has 4 nitrogen and oxygen atoms in total. The summed E-state index contributed by atoms with van der Waals surface area (Å²) in [7, 11) is 1.28. The molecule has 0 saturated carbocycles. The summed E-state index contributed by atoms with van der Waals surface area (Å²) in [6.07, 6.45) is 0.593. The molecule has 0 aromatic rings. The van der Waals surface area contributed by atoms with E-state index in [0.717, 1.165) is 0 Å². The van der Waals surface area contributed by atoms with E-state index in [4.69, 9.17) is 4.74 Å². The molecule has 0 aliphatic carbocycles. The largest absolute Gasteiger partial charge is 0.467 e. The van der Waals surface area contributed by atoms with Crippen LogP contribution in [-0.4, -0.2) is 36.0 Å². The van der Waals surface area contributed by atoms with Crippen LogP contribution >= 0.6 is 0 Å². The molecule has 1 aliphatic rings. The van der Waals surface area contributed by atoms with Crippen molar-refractivity contribution in [2.45, 2.75) is 37.9 Å². The van der Waals surface area contributed by atoms with Crippen LogP contribution in [0, 0.1) is 0 Å². The highest BCUT2D eigenvalue weighted by Gasteiger charge is 2.45. The Hall–Kier alpha value is -0.610. The number of carbonyl (C=O) groups is 1. The third-order valence-electron chi connectivity index (χ3n) is 2.29. The Kier molecular flexibility index (Phi) is 2.63. The summed E-state index contributed by atoms with van der Waals surface area (Å²) in [5.74, 6) is -0.566. The molecule has 0 aromatic heterocycles. The molecule has 1 N–H and O–H groups in total. The lowest BCUT2D eigenvalue weighted by atomic mass is 9.84. The second-order valence-electron chi connectivity index (χ2n) is 4.06. The van der Waals surface area contributed by atoms with E-state index in [1.807, 2.05) is 13.8 Å². The predicted octanol–water partition coefficient (Wildman–Crippen LogP) is 0.479. The van der Waals surface area contributed by atoms with Gasteiger partial charge in [-0.1, -0.05) is 0 Å². The van der Waals surface area contributed by atoms with Crippen LogP contribution < -0.4 is 0 Å². The number of hydrogen-bond donors (Lipinski definition) is 1. The summed E-state index contributed by atoms with van der Waals surface area (Å²) >= 11 is 0. The molecule has 1 saturated heterocycles. The molecule has 0 aromatic carbocycles. The van der Waals surface area contributed by atoms with Crippen LogP contribution in [-0.2, 0) is 14.3 Å². The van der Waals surface area contributed by atoms with Gasteiger partial charge >= 0.3 is 5.97 Å². The zero-order valence-electron chi connectivity index (χ0n) is 8.29. The van der Waals surface area contributed by atoms with E-state index in [1.54, 1.807) is 0 Å². The number of rotatable bonds is 1. The molecule has 1 rings (SSSR count). The van der Waals surface area contributed by atoms with Gasteiger partial charge in [-0.25, -0.2) is 4.79 Å². The zero-order chi connectivity index (χ0) is 10.1. The van der Waals surface area contributed by atoms with Gasteiger partial charge in [-0.2, -0.15) is 0 Å². The fraction of sp³-hybridized carbons (Fsp3) is 0.889. The van der Waals surface area contributed by atoms with E-state index in [0.29, 0.717) is 13.0 Å². The van der Waals surface area contributed by atoms with Crippen molar-refractivity contribution >= 4 is 5.97 Å². The van der Waals surface area contributed by atoms with Gasteiger partial charge in [0, 0.05) is 12.8 Å². The first-order chi connectivity index (χ1) is 5.90. The van der Waals surface area contributed by atoms with Crippen LogP contribution in [0.1, 0.15) is 26.7 Å². The average molecular weight is 188 g/mol. The van der Waals surface area contributed by atoms with Crippen molar-refractivity contribution in [1.82, 2.24) is 0 Å². The lowest BCUT2D eigenvalue weighted by molar-refractivity contribution is -0.188. The number of methoxy groups -OCH3 is 1. The first-order valence-electron chi connectivity index (χ1n) is 4.34. The van der Waals surface area contributed by atoms with Gasteiger partial charge in [-0.3, -0.25) is 0 Å². The van der Waals surface area contributed by atoms with Gasteiger partial charge in [0.25, 0.3) is 0 Å². The van der Waals surface area contributed by atoms with Crippen molar-refractivity contribution in [3.8, 4) is 0 Å². The summed E-state index contributed by atoms with van der Waals surface area (Å²) in [4.78, 5) is 11.2. The summed E-state index contributed by atoms with van der Waals surface area (Å²) in [5.41, 5.74) is -1.82. The van der Waals surface area contributed by atoms with Gasteiger partial charge in [0.15, 0.2) is 5.60 Å². The molecule has 13 heavy (non-hydrogen) atoms. The van der Waals surface area contributed by atoms with E-state index in [-0.39, 0.29) is 6.42 Å². The molecule has 1 heterocycles. The fourth-order valence-corrected chi connectivity index (χ4v) is 1.70. The molecule has 0 bridgehead atoms. The Bertz CT molecular complexity index is 212. The molecule has 1 atom stereocenters. The van der Waals surface area contributed by atoms with Crippen molar-refractivity contribution in [3.63, 3.8) is 0 Å². The van der Waals surface area contributed by atoms with Gasteiger partial charge in [0.05, 0.1) is 19.3 Å². The highest BCUT2D eigenvalue weighted by atomic mass is 16.5. The van der Waals surface area contributed by atoms with Crippen LogP contribution in [0.4, 0.5) is 0 Å². The van der Waals surface area contributed by atoms with Gasteiger partial charge in [-0.15, -0.1) is 0 Å². The first-order valence-corrected chi connectivity index (χ1v) is 4.34. The number of ether oxygens (including phenoxy) is 2. The molecule has 1 aliphatic heterocycles. The predicted molar refractivity (Wildman–Crippen MR) is 46.2 cm³/mol. The van der Waals surface area contributed by atoms with E-state index in [2.05, 4.69) is 4.74 Å². The Balaban J connectivity index is 2.74. The van der Waals surface area contributed by atoms with Crippen LogP contribution in [0.25, 0.3) is 0 Å². The Morgan fingerprint density at radius 1 is 1.54 bits per heavy atom. The second kappa shape index (κ2) is 3.27. The Morgan fingerprint density at radius 2 is 2.15 bits per heavy atom. The second-order valence-corrected chi connectivity index (χ2v) is 4.06. The number of carbonyl (C=O) groups excluding carboxylic acids is 1. The Labute approximate surface area is 77.8 Å². The standard InChI is InChI=1S/C9H16O4/c1-8(2)6-9(11,4-5-13-8)7(10)12-3/h11H,4-6H2,1-3H3. The SMILES string of the molecule is COC(=O)C1(O)CCOC(C)(C)C1. The molecule has 0 radical (unpaired) electrons. The topological polar surface area (TPSA) is 55.8 Å². The van der Waals surface area contributed by atoms with Gasteiger partial charge in [0.2, 0.25) is 0 Å². The number of aliphatic hydroxyl groups is 1. The average Bonchev–Trinajstić information content (AvgIpc) is 2.00. The summed E-state index contributed by atoms with van der Waals surface area (Å²) in [6.45, 7) is 4.08. The summed E-state index contributed by atoms with van der Waals surface area (Å²) < 4.78 is 9.93. The number of hydrogen-bond acceptors (Lipinski definition) is 4. The highest BCUT2D eigenvalue weighted by Crippen LogP contribution is 2.32. The van der Waals surface area contributed by atoms with Crippen LogP contribution in [0.5, 0.6) is 0 Å². The lowest BCUT2D eigenvalue weighted by Gasteiger charge is -2.39. The third kappa shape index (κ3) is 2.19. The van der Waals surface area contributed by atoms with Crippen molar-refractivity contribution < 1.29 is 19.4 Å². The van der Waals surface area contributed by atoms with Crippen molar-refractivity contribution in [2.24, 2.45) is 0 Å². The van der Waals surface area contributed by atoms with Gasteiger partial charge in [0.1, 0.15) is 0 Å². The third-order valence-corrected chi connectivity index (χ3v) is 2.29. The van der Waals surface area contributed by atoms with E-state index in [9.17, 15) is 9.90 Å². The fourth-order valence-electron chi connectivity index (χ4n) is 1.70. The quantitative estimate of drug-likeness (QED) is 0.608. The normalized spacial score (nSPS) is 32.6. The number of esters is 1. The first kappa shape index (κ1) is 10.5. The van der Waals surface area contributed by atoms with E-state index in [1.165, 1.54) is 7.11 Å². The van der Waals surface area contributed by atoms with Crippen molar-refractivity contribution in [3.05, 3.63) is 0 Å². The lowest BCUT2D eigenvalue weighted by Crippen LogP contribution is -2.51. The molecule has 0 amide bonds. The summed E-state index contributed by atoms with van der Waals surface area (Å²) in [5, 5.41) is 9.92. The van der Waals surface area contributed by atoms with Crippen molar-refractivity contribution in [1.29, 1.82) is 0 Å². The maximum absolute atomic E-state index is 11.2. The van der Waals surface area contributed by atoms with Crippen LogP contribution in [0.15, 0.2) is 0 Å². The van der Waals surface area contributed by atoms with Crippen LogP contribution in [0.2, 0.25) is 0 Å². The molecule has 76 valence electrons. The zero-order valence-corrected chi connectivity index (χ0v) is 8.29. The smallest absolute Gasteiger partial charge is 0.338 e. The van der Waals surface area contributed by atoms with Gasteiger partial charge < -0.3 is 14.6 Å². The molecule has 1 fully saturated rings. The van der Waals surface area contributed by atoms with E-state index < -0.39 is 17.2 Å². The minimum Gasteiger partial charge on any atom is -0.467 e. The van der Waals surface area contributed by atoms with Crippen LogP contribution in [0.3, 0.4) is 0 Å². The van der Waals surface area contributed by atoms with Gasteiger partial charge in [-0.05, 0) is 13.8 Å². The minimum absolute atomic E-state index is 0.284. The molecular formula is C9H16O4. The monoisotopic (exact) mass is 188 g/mol. The molecule has 1 unspecified atom stereocenters. The summed E-state index contributed by atoms with van der Waals surface area (Å²) in [6, 6.07) is 0. The molecular weight excluding hydrogens is 172 g/mol. The maximum Gasteiger partial charge on any atom is 0.338 e. The Morgan fingerprint density at radius 3 is 2.62 bits per heavy atom. The molecule has 0 spiro atoms. The minimum atomic E-state index is -1.36. The van der Waals surface area contributed by atoms with Crippen molar-refractivity contribution in [2.75, 3.05) is 13.7 Å². The van der Waals surface area contributed by atoms with E-state index >= 15 is 0 Å². The molecule has 4 heteroatoms.